The van der Waals surface area contributed by atoms with E-state index in [1.165, 1.54) is 0 Å². The summed E-state index contributed by atoms with van der Waals surface area (Å²) in [7, 11) is 0. The molecule has 2 fully saturated rings. The SMILES string of the molecule is CCC1(C)CC(OC2CC(C)(C)NC(C)(C)C2)CC(C)(C)N1. The third kappa shape index (κ3) is 4.69. The van der Waals surface area contributed by atoms with Crippen LogP contribution in [0.25, 0.3) is 0 Å². The van der Waals surface area contributed by atoms with E-state index in [0.717, 1.165) is 32.1 Å². The molecule has 0 bridgehead atoms. The quantitative estimate of drug-likeness (QED) is 0.826. The first-order chi connectivity index (χ1) is 9.84. The van der Waals surface area contributed by atoms with E-state index in [0.29, 0.717) is 12.2 Å². The maximum atomic E-state index is 6.66. The molecule has 2 N–H and O–H groups in total. The molecule has 2 saturated heterocycles. The van der Waals surface area contributed by atoms with Gasteiger partial charge in [-0.15, -0.1) is 0 Å². The van der Waals surface area contributed by atoms with E-state index in [4.69, 9.17) is 4.74 Å². The summed E-state index contributed by atoms with van der Waals surface area (Å²) in [6, 6.07) is 0. The number of hydrogen-bond donors (Lipinski definition) is 2. The zero-order chi connectivity index (χ0) is 16.8. The summed E-state index contributed by atoms with van der Waals surface area (Å²) in [5, 5.41) is 7.58. The number of rotatable bonds is 3. The van der Waals surface area contributed by atoms with Gasteiger partial charge >= 0.3 is 0 Å². The van der Waals surface area contributed by atoms with Crippen LogP contribution in [0.4, 0.5) is 0 Å². The van der Waals surface area contributed by atoms with Crippen molar-refractivity contribution in [3.63, 3.8) is 0 Å². The van der Waals surface area contributed by atoms with Gasteiger partial charge in [-0.2, -0.15) is 0 Å². The van der Waals surface area contributed by atoms with E-state index in [9.17, 15) is 0 Å². The number of nitrogens with one attached hydrogen (secondary N) is 2. The standard InChI is InChI=1S/C19H38N2O/c1-9-19(8)13-15(12-18(6,7)21-19)22-14-10-16(2,3)20-17(4,5)11-14/h14-15,20-21H,9-13H2,1-8H3. The van der Waals surface area contributed by atoms with Crippen LogP contribution in [0.15, 0.2) is 0 Å². The Labute approximate surface area is 138 Å². The normalized spacial score (nSPS) is 37.9. The predicted molar refractivity (Wildman–Crippen MR) is 94.3 cm³/mol. The molecule has 2 unspecified atom stereocenters. The van der Waals surface area contributed by atoms with Crippen molar-refractivity contribution >= 4 is 0 Å². The smallest absolute Gasteiger partial charge is 0.0613 e. The molecule has 2 aliphatic rings. The molecule has 0 radical (unpaired) electrons. The number of hydrogen-bond acceptors (Lipinski definition) is 3. The Hall–Kier alpha value is -0.120. The fourth-order valence-electron chi connectivity index (χ4n) is 4.99. The van der Waals surface area contributed by atoms with Gasteiger partial charge in [0.05, 0.1) is 12.2 Å². The molecule has 0 aromatic heterocycles. The zero-order valence-electron chi connectivity index (χ0n) is 16.1. The van der Waals surface area contributed by atoms with Crippen molar-refractivity contribution in [3.8, 4) is 0 Å². The molecule has 2 aliphatic heterocycles. The second kappa shape index (κ2) is 5.75. The van der Waals surface area contributed by atoms with E-state index in [-0.39, 0.29) is 22.2 Å². The van der Waals surface area contributed by atoms with E-state index in [1.807, 2.05) is 0 Å². The molecule has 2 atom stereocenters. The van der Waals surface area contributed by atoms with Crippen LogP contribution in [-0.2, 0) is 4.74 Å². The molecule has 3 nitrogen and oxygen atoms in total. The molecular formula is C19H38N2O. The topological polar surface area (TPSA) is 33.3 Å². The first-order valence-electron chi connectivity index (χ1n) is 9.08. The largest absolute Gasteiger partial charge is 0.375 e. The first kappa shape index (κ1) is 18.2. The van der Waals surface area contributed by atoms with E-state index < -0.39 is 0 Å². The van der Waals surface area contributed by atoms with Gasteiger partial charge in [0.1, 0.15) is 0 Å². The van der Waals surface area contributed by atoms with Crippen molar-refractivity contribution in [3.05, 3.63) is 0 Å². The van der Waals surface area contributed by atoms with Gasteiger partial charge in [0.15, 0.2) is 0 Å². The van der Waals surface area contributed by atoms with Crippen molar-refractivity contribution in [1.82, 2.24) is 10.6 Å². The lowest BCUT2D eigenvalue weighted by Gasteiger charge is -2.51. The highest BCUT2D eigenvalue weighted by Crippen LogP contribution is 2.36. The van der Waals surface area contributed by atoms with Crippen molar-refractivity contribution in [2.24, 2.45) is 0 Å². The molecule has 0 saturated carbocycles. The summed E-state index contributed by atoms with van der Waals surface area (Å²) in [6.07, 6.45) is 6.32. The number of piperidine rings is 2. The average molecular weight is 311 g/mol. The molecule has 0 aromatic rings. The number of ether oxygens (including phenoxy) is 1. The fraction of sp³-hybridized carbons (Fsp3) is 1.00. The minimum Gasteiger partial charge on any atom is -0.375 e. The van der Waals surface area contributed by atoms with Crippen LogP contribution in [0.3, 0.4) is 0 Å². The van der Waals surface area contributed by atoms with Crippen LogP contribution >= 0.6 is 0 Å². The Balaban J connectivity index is 2.06. The van der Waals surface area contributed by atoms with E-state index in [2.05, 4.69) is 66.0 Å². The summed E-state index contributed by atoms with van der Waals surface area (Å²) in [5.41, 5.74) is 0.668. The maximum Gasteiger partial charge on any atom is 0.0613 e. The summed E-state index contributed by atoms with van der Waals surface area (Å²) in [6.45, 7) is 18.4. The molecule has 130 valence electrons. The van der Waals surface area contributed by atoms with Crippen molar-refractivity contribution in [1.29, 1.82) is 0 Å². The van der Waals surface area contributed by atoms with Crippen molar-refractivity contribution in [2.45, 2.75) is 122 Å². The molecular weight excluding hydrogens is 272 g/mol. The second-order valence-corrected chi connectivity index (χ2v) is 10.0. The molecule has 2 heterocycles. The first-order valence-corrected chi connectivity index (χ1v) is 9.08. The molecule has 3 heteroatoms. The lowest BCUT2D eigenvalue weighted by molar-refractivity contribution is -0.0989. The van der Waals surface area contributed by atoms with Crippen molar-refractivity contribution < 1.29 is 4.74 Å². The van der Waals surface area contributed by atoms with E-state index >= 15 is 0 Å². The molecule has 0 spiro atoms. The van der Waals surface area contributed by atoms with E-state index in [1.54, 1.807) is 0 Å². The summed E-state index contributed by atoms with van der Waals surface area (Å²) < 4.78 is 6.66. The highest BCUT2D eigenvalue weighted by Gasteiger charge is 2.43. The van der Waals surface area contributed by atoms with Gasteiger partial charge in [0.25, 0.3) is 0 Å². The fourth-order valence-corrected chi connectivity index (χ4v) is 4.99. The third-order valence-corrected chi connectivity index (χ3v) is 5.37. The monoisotopic (exact) mass is 310 g/mol. The molecule has 0 aromatic carbocycles. The van der Waals surface area contributed by atoms with Crippen LogP contribution in [0, 0.1) is 0 Å². The minimum absolute atomic E-state index is 0.156. The van der Waals surface area contributed by atoms with Crippen LogP contribution in [-0.4, -0.2) is 34.4 Å². The molecule has 0 amide bonds. The Morgan fingerprint density at radius 1 is 0.727 bits per heavy atom. The lowest BCUT2D eigenvalue weighted by Crippen LogP contribution is -2.63. The summed E-state index contributed by atoms with van der Waals surface area (Å²) >= 11 is 0. The maximum absolute atomic E-state index is 6.66. The summed E-state index contributed by atoms with van der Waals surface area (Å²) in [5.74, 6) is 0. The highest BCUT2D eigenvalue weighted by molar-refractivity contribution is 5.01. The molecule has 22 heavy (non-hydrogen) atoms. The Morgan fingerprint density at radius 2 is 1.14 bits per heavy atom. The van der Waals surface area contributed by atoms with Crippen LogP contribution in [0.5, 0.6) is 0 Å². The molecule has 2 rings (SSSR count). The lowest BCUT2D eigenvalue weighted by atomic mass is 9.77. The Bertz CT molecular complexity index is 386. The molecule has 0 aliphatic carbocycles. The van der Waals surface area contributed by atoms with Crippen LogP contribution in [0.1, 0.15) is 87.5 Å². The van der Waals surface area contributed by atoms with Gasteiger partial charge < -0.3 is 15.4 Å². The summed E-state index contributed by atoms with van der Waals surface area (Å²) in [4.78, 5) is 0. The van der Waals surface area contributed by atoms with Crippen LogP contribution < -0.4 is 10.6 Å². The van der Waals surface area contributed by atoms with Gasteiger partial charge in [0.2, 0.25) is 0 Å². The Kier molecular flexibility index (Phi) is 4.76. The van der Waals surface area contributed by atoms with Gasteiger partial charge in [-0.3, -0.25) is 0 Å². The highest BCUT2D eigenvalue weighted by atomic mass is 16.5. The van der Waals surface area contributed by atoms with Gasteiger partial charge in [-0.1, -0.05) is 6.92 Å². The van der Waals surface area contributed by atoms with Gasteiger partial charge in [-0.05, 0) is 80.6 Å². The van der Waals surface area contributed by atoms with Crippen LogP contribution in [0.2, 0.25) is 0 Å². The average Bonchev–Trinajstić information content (AvgIpc) is 2.21. The third-order valence-electron chi connectivity index (χ3n) is 5.37. The van der Waals surface area contributed by atoms with Gasteiger partial charge in [0, 0.05) is 22.2 Å². The minimum atomic E-state index is 0.156. The zero-order valence-corrected chi connectivity index (χ0v) is 16.1. The van der Waals surface area contributed by atoms with Gasteiger partial charge in [-0.25, -0.2) is 0 Å². The van der Waals surface area contributed by atoms with Crippen molar-refractivity contribution in [2.75, 3.05) is 0 Å². The predicted octanol–water partition coefficient (Wildman–Crippen LogP) is 4.01. The Morgan fingerprint density at radius 3 is 1.59 bits per heavy atom. The second-order valence-electron chi connectivity index (χ2n) is 10.0.